The van der Waals surface area contributed by atoms with Gasteiger partial charge in [-0.25, -0.2) is 0 Å². The molecule has 0 aromatic carbocycles. The van der Waals surface area contributed by atoms with Crippen LogP contribution in [-0.4, -0.2) is 17.2 Å². The monoisotopic (exact) mass is 194 g/mol. The Hall–Kier alpha value is -0.800. The summed E-state index contributed by atoms with van der Waals surface area (Å²) >= 11 is 0. The van der Waals surface area contributed by atoms with Crippen LogP contribution in [0.25, 0.3) is 0 Å². The summed E-state index contributed by atoms with van der Waals surface area (Å²) in [5.74, 6) is 0. The zero-order chi connectivity index (χ0) is 9.80. The topological polar surface area (TPSA) is 26.2 Å². The van der Waals surface area contributed by atoms with Crippen molar-refractivity contribution in [1.82, 2.24) is 9.88 Å². The molecule has 2 rings (SSSR count). The van der Waals surface area contributed by atoms with E-state index >= 15 is 0 Å². The summed E-state index contributed by atoms with van der Waals surface area (Å²) in [4.78, 5) is 0. The molecule has 0 unspecified atom stereocenters. The van der Waals surface area contributed by atoms with Gasteiger partial charge in [0.1, 0.15) is 6.73 Å². The second-order valence-corrected chi connectivity index (χ2v) is 3.75. The lowest BCUT2D eigenvalue weighted by atomic mass is 10.4. The van der Waals surface area contributed by atoms with Crippen molar-refractivity contribution in [2.45, 2.75) is 39.1 Å². The first kappa shape index (κ1) is 9.74. The van der Waals surface area contributed by atoms with Crippen molar-refractivity contribution < 1.29 is 4.74 Å². The maximum atomic E-state index is 5.38. The van der Waals surface area contributed by atoms with E-state index in [4.69, 9.17) is 4.74 Å². The van der Waals surface area contributed by atoms with Gasteiger partial charge in [-0.15, -0.1) is 0 Å². The van der Waals surface area contributed by atoms with Crippen LogP contribution < -0.4 is 5.32 Å². The SMILES string of the molecule is CCOCn1cccc1CNC1CC1. The summed E-state index contributed by atoms with van der Waals surface area (Å²) in [6, 6.07) is 4.99. The van der Waals surface area contributed by atoms with Gasteiger partial charge >= 0.3 is 0 Å². The van der Waals surface area contributed by atoms with Crippen molar-refractivity contribution in [2.75, 3.05) is 6.61 Å². The molecule has 1 heterocycles. The average Bonchev–Trinajstić information content (AvgIpc) is 2.92. The third-order valence-electron chi connectivity index (χ3n) is 2.51. The van der Waals surface area contributed by atoms with Gasteiger partial charge in [-0.3, -0.25) is 0 Å². The maximum Gasteiger partial charge on any atom is 0.122 e. The van der Waals surface area contributed by atoms with Crippen LogP contribution in [0.15, 0.2) is 18.3 Å². The molecule has 0 aliphatic heterocycles. The fraction of sp³-hybridized carbons (Fsp3) is 0.636. The largest absolute Gasteiger partial charge is 0.361 e. The molecule has 0 amide bonds. The van der Waals surface area contributed by atoms with Crippen molar-refractivity contribution in [3.63, 3.8) is 0 Å². The molecular formula is C11H18N2O. The van der Waals surface area contributed by atoms with E-state index < -0.39 is 0 Å². The van der Waals surface area contributed by atoms with Crippen LogP contribution in [0.5, 0.6) is 0 Å². The first-order valence-corrected chi connectivity index (χ1v) is 5.35. The molecular weight excluding hydrogens is 176 g/mol. The molecule has 1 aromatic heterocycles. The summed E-state index contributed by atoms with van der Waals surface area (Å²) in [7, 11) is 0. The van der Waals surface area contributed by atoms with Crippen molar-refractivity contribution in [3.8, 4) is 0 Å². The van der Waals surface area contributed by atoms with Gasteiger partial charge in [0.25, 0.3) is 0 Å². The van der Waals surface area contributed by atoms with Crippen LogP contribution >= 0.6 is 0 Å². The molecule has 0 saturated heterocycles. The Labute approximate surface area is 85.1 Å². The Morgan fingerprint density at radius 3 is 3.14 bits per heavy atom. The molecule has 3 nitrogen and oxygen atoms in total. The molecule has 1 aromatic rings. The Balaban J connectivity index is 1.83. The number of rotatable bonds is 6. The minimum Gasteiger partial charge on any atom is -0.361 e. The van der Waals surface area contributed by atoms with Gasteiger partial charge in [0.15, 0.2) is 0 Å². The third-order valence-corrected chi connectivity index (χ3v) is 2.51. The molecule has 1 saturated carbocycles. The van der Waals surface area contributed by atoms with Gasteiger partial charge in [-0.2, -0.15) is 0 Å². The fourth-order valence-corrected chi connectivity index (χ4v) is 1.46. The molecule has 0 bridgehead atoms. The summed E-state index contributed by atoms with van der Waals surface area (Å²) in [6.45, 7) is 4.43. The summed E-state index contributed by atoms with van der Waals surface area (Å²) < 4.78 is 7.53. The van der Waals surface area contributed by atoms with Gasteiger partial charge in [0.05, 0.1) is 0 Å². The van der Waals surface area contributed by atoms with Gasteiger partial charge in [-0.1, -0.05) is 0 Å². The van der Waals surface area contributed by atoms with Crippen LogP contribution in [0.2, 0.25) is 0 Å². The number of nitrogens with zero attached hydrogens (tertiary/aromatic N) is 1. The molecule has 0 atom stereocenters. The lowest BCUT2D eigenvalue weighted by molar-refractivity contribution is 0.0860. The second-order valence-electron chi connectivity index (χ2n) is 3.75. The number of hydrogen-bond acceptors (Lipinski definition) is 2. The first-order chi connectivity index (χ1) is 6.90. The normalized spacial score (nSPS) is 16.1. The maximum absolute atomic E-state index is 5.38. The third kappa shape index (κ3) is 2.59. The standard InChI is InChI=1S/C11H18N2O/c1-2-14-9-13-7-3-4-11(13)8-12-10-5-6-10/h3-4,7,10,12H,2,5-6,8-9H2,1H3. The highest BCUT2D eigenvalue weighted by molar-refractivity contribution is 5.07. The summed E-state index contributed by atoms with van der Waals surface area (Å²) in [5, 5.41) is 3.50. The van der Waals surface area contributed by atoms with Gasteiger partial charge in [-0.05, 0) is 31.9 Å². The number of nitrogens with one attached hydrogen (secondary N) is 1. The lowest BCUT2D eigenvalue weighted by Crippen LogP contribution is -2.18. The van der Waals surface area contributed by atoms with Gasteiger partial charge in [0.2, 0.25) is 0 Å². The van der Waals surface area contributed by atoms with Crippen molar-refractivity contribution in [2.24, 2.45) is 0 Å². The molecule has 3 heteroatoms. The quantitative estimate of drug-likeness (QED) is 0.746. The number of hydrogen-bond donors (Lipinski definition) is 1. The average molecular weight is 194 g/mol. The minimum atomic E-state index is 0.672. The van der Waals surface area contributed by atoms with E-state index in [0.29, 0.717) is 6.73 Å². The van der Waals surface area contributed by atoms with E-state index in [1.165, 1.54) is 18.5 Å². The van der Waals surface area contributed by atoms with Crippen LogP contribution in [0, 0.1) is 0 Å². The lowest BCUT2D eigenvalue weighted by Gasteiger charge is -2.09. The Kier molecular flexibility index (Phi) is 3.22. The van der Waals surface area contributed by atoms with Crippen LogP contribution in [0.4, 0.5) is 0 Å². The number of aromatic nitrogens is 1. The van der Waals surface area contributed by atoms with Crippen molar-refractivity contribution in [3.05, 3.63) is 24.0 Å². The predicted molar refractivity (Wildman–Crippen MR) is 55.9 cm³/mol. The minimum absolute atomic E-state index is 0.672. The van der Waals surface area contributed by atoms with E-state index in [9.17, 15) is 0 Å². The summed E-state index contributed by atoms with van der Waals surface area (Å²) in [5.41, 5.74) is 1.31. The van der Waals surface area contributed by atoms with Crippen molar-refractivity contribution in [1.29, 1.82) is 0 Å². The molecule has 1 N–H and O–H groups in total. The molecule has 0 spiro atoms. The molecule has 1 aliphatic carbocycles. The zero-order valence-corrected chi connectivity index (χ0v) is 8.70. The van der Waals surface area contributed by atoms with E-state index in [0.717, 1.165) is 19.2 Å². The molecule has 0 radical (unpaired) electrons. The predicted octanol–water partition coefficient (Wildman–Crippen LogP) is 1.73. The van der Waals surface area contributed by atoms with E-state index in [1.54, 1.807) is 0 Å². The summed E-state index contributed by atoms with van der Waals surface area (Å²) in [6.07, 6.45) is 4.75. The Morgan fingerprint density at radius 1 is 1.57 bits per heavy atom. The molecule has 78 valence electrons. The van der Waals surface area contributed by atoms with Crippen molar-refractivity contribution >= 4 is 0 Å². The van der Waals surface area contributed by atoms with Crippen LogP contribution in [0.1, 0.15) is 25.5 Å². The highest BCUT2D eigenvalue weighted by Gasteiger charge is 2.20. The molecule has 1 aliphatic rings. The van der Waals surface area contributed by atoms with Crippen LogP contribution in [-0.2, 0) is 18.0 Å². The smallest absolute Gasteiger partial charge is 0.122 e. The molecule has 14 heavy (non-hydrogen) atoms. The Bertz CT molecular complexity index is 279. The van der Waals surface area contributed by atoms with E-state index in [1.807, 2.05) is 6.92 Å². The molecule has 1 fully saturated rings. The van der Waals surface area contributed by atoms with Gasteiger partial charge in [0, 0.05) is 31.1 Å². The number of ether oxygens (including phenoxy) is 1. The van der Waals surface area contributed by atoms with Gasteiger partial charge < -0.3 is 14.6 Å². The second kappa shape index (κ2) is 4.62. The van der Waals surface area contributed by atoms with E-state index in [-0.39, 0.29) is 0 Å². The first-order valence-electron chi connectivity index (χ1n) is 5.35. The highest BCUT2D eigenvalue weighted by Crippen LogP contribution is 2.19. The van der Waals surface area contributed by atoms with Crippen LogP contribution in [0.3, 0.4) is 0 Å². The highest BCUT2D eigenvalue weighted by atomic mass is 16.5. The fourth-order valence-electron chi connectivity index (χ4n) is 1.46. The van der Waals surface area contributed by atoms with E-state index in [2.05, 4.69) is 28.2 Å². The Morgan fingerprint density at radius 2 is 2.43 bits per heavy atom. The zero-order valence-electron chi connectivity index (χ0n) is 8.70.